The number of hydrogen-bond acceptors (Lipinski definition) is 6. The summed E-state index contributed by atoms with van der Waals surface area (Å²) in [6.07, 6.45) is 2.73. The molecule has 0 bridgehead atoms. The van der Waals surface area contributed by atoms with Crippen molar-refractivity contribution in [2.24, 2.45) is 0 Å². The fourth-order valence-electron chi connectivity index (χ4n) is 3.06. The van der Waals surface area contributed by atoms with E-state index in [0.29, 0.717) is 6.04 Å². The fraction of sp³-hybridized carbons (Fsp3) is 0.833. The van der Waals surface area contributed by atoms with E-state index >= 15 is 0 Å². The minimum atomic E-state index is 0.626. The van der Waals surface area contributed by atoms with Crippen LogP contribution in [-0.4, -0.2) is 58.8 Å². The number of piperazine rings is 1. The Balaban J connectivity index is 1.64. The average molecular weight is 267 g/mol. The third-order valence-corrected chi connectivity index (χ3v) is 5.01. The summed E-state index contributed by atoms with van der Waals surface area (Å²) in [5, 5.41) is 13.5. The van der Waals surface area contributed by atoms with Crippen LogP contribution in [-0.2, 0) is 6.54 Å². The van der Waals surface area contributed by atoms with Crippen LogP contribution in [0.25, 0.3) is 0 Å². The van der Waals surface area contributed by atoms with Gasteiger partial charge in [-0.1, -0.05) is 11.3 Å². The summed E-state index contributed by atoms with van der Waals surface area (Å²) >= 11 is 1.67. The van der Waals surface area contributed by atoms with E-state index in [1.54, 1.807) is 11.3 Å². The van der Waals surface area contributed by atoms with Gasteiger partial charge in [-0.05, 0) is 26.3 Å². The third-order valence-electron chi connectivity index (χ3n) is 4.09. The normalized spacial score (nSPS) is 29.4. The summed E-state index contributed by atoms with van der Waals surface area (Å²) < 4.78 is 0. The van der Waals surface area contributed by atoms with Crippen LogP contribution in [0.4, 0.5) is 5.13 Å². The Morgan fingerprint density at radius 1 is 1.39 bits per heavy atom. The summed E-state index contributed by atoms with van der Waals surface area (Å²) in [6, 6.07) is 1.40. The van der Waals surface area contributed by atoms with E-state index in [1.807, 2.05) is 7.05 Å². The van der Waals surface area contributed by atoms with E-state index in [-0.39, 0.29) is 0 Å². The second kappa shape index (κ2) is 5.11. The molecule has 2 aliphatic heterocycles. The summed E-state index contributed by atoms with van der Waals surface area (Å²) in [5.74, 6) is 0. The number of hydrogen-bond donors (Lipinski definition) is 1. The number of fused-ring (bicyclic) bond motifs is 1. The lowest BCUT2D eigenvalue weighted by Crippen LogP contribution is -2.54. The second-order valence-corrected chi connectivity index (χ2v) is 6.38. The standard InChI is InChI=1S/C12H21N5S/c1-9-6-16-5-3-4-10(16)7-17(9)8-11-14-15-12(13-2)18-11/h9-10H,3-8H2,1-2H3,(H,13,15). The van der Waals surface area contributed by atoms with Crippen molar-refractivity contribution in [3.8, 4) is 0 Å². The quantitative estimate of drug-likeness (QED) is 0.893. The number of nitrogens with one attached hydrogen (secondary N) is 1. The van der Waals surface area contributed by atoms with Gasteiger partial charge in [-0.25, -0.2) is 0 Å². The van der Waals surface area contributed by atoms with Gasteiger partial charge in [-0.2, -0.15) is 0 Å². The molecule has 0 radical (unpaired) electrons. The lowest BCUT2D eigenvalue weighted by atomic mass is 10.1. The average Bonchev–Trinajstić information content (AvgIpc) is 2.98. The molecule has 1 N–H and O–H groups in total. The molecule has 2 atom stereocenters. The molecule has 0 spiro atoms. The first-order valence-electron chi connectivity index (χ1n) is 6.74. The maximum Gasteiger partial charge on any atom is 0.205 e. The van der Waals surface area contributed by atoms with E-state index in [9.17, 15) is 0 Å². The molecule has 2 fully saturated rings. The van der Waals surface area contributed by atoms with Crippen LogP contribution in [0.3, 0.4) is 0 Å². The summed E-state index contributed by atoms with van der Waals surface area (Å²) in [4.78, 5) is 5.22. The molecular weight excluding hydrogens is 246 g/mol. The molecule has 1 aromatic rings. The zero-order valence-electron chi connectivity index (χ0n) is 11.1. The van der Waals surface area contributed by atoms with Gasteiger partial charge in [0.25, 0.3) is 0 Å². The lowest BCUT2D eigenvalue weighted by molar-refractivity contribution is 0.0538. The molecule has 5 nitrogen and oxygen atoms in total. The molecular formula is C12H21N5S. The Morgan fingerprint density at radius 2 is 2.28 bits per heavy atom. The van der Waals surface area contributed by atoms with E-state index in [4.69, 9.17) is 0 Å². The Bertz CT molecular complexity index is 407. The van der Waals surface area contributed by atoms with E-state index in [0.717, 1.165) is 22.7 Å². The van der Waals surface area contributed by atoms with Crippen molar-refractivity contribution in [3.05, 3.63) is 5.01 Å². The summed E-state index contributed by atoms with van der Waals surface area (Å²) in [7, 11) is 1.89. The van der Waals surface area contributed by atoms with Gasteiger partial charge in [-0.3, -0.25) is 9.80 Å². The molecule has 0 amide bonds. The van der Waals surface area contributed by atoms with Gasteiger partial charge < -0.3 is 5.32 Å². The molecule has 2 unspecified atom stereocenters. The maximum atomic E-state index is 4.25. The molecule has 6 heteroatoms. The van der Waals surface area contributed by atoms with Crippen molar-refractivity contribution in [1.82, 2.24) is 20.0 Å². The van der Waals surface area contributed by atoms with Crippen LogP contribution < -0.4 is 5.32 Å². The van der Waals surface area contributed by atoms with Crippen molar-refractivity contribution >= 4 is 16.5 Å². The monoisotopic (exact) mass is 267 g/mol. The van der Waals surface area contributed by atoms with E-state index < -0.39 is 0 Å². The van der Waals surface area contributed by atoms with Gasteiger partial charge in [0.2, 0.25) is 5.13 Å². The SMILES string of the molecule is CNc1nnc(CN2CC3CCCN3CC2C)s1. The first-order valence-corrected chi connectivity index (χ1v) is 7.56. The fourth-order valence-corrected chi connectivity index (χ4v) is 3.78. The smallest absolute Gasteiger partial charge is 0.205 e. The maximum absolute atomic E-state index is 4.25. The summed E-state index contributed by atoms with van der Waals surface area (Å²) in [5.41, 5.74) is 0. The van der Waals surface area contributed by atoms with Crippen molar-refractivity contribution in [1.29, 1.82) is 0 Å². The van der Waals surface area contributed by atoms with Crippen molar-refractivity contribution in [2.45, 2.75) is 38.4 Å². The van der Waals surface area contributed by atoms with Gasteiger partial charge >= 0.3 is 0 Å². The van der Waals surface area contributed by atoms with E-state index in [2.05, 4.69) is 32.2 Å². The lowest BCUT2D eigenvalue weighted by Gasteiger charge is -2.41. The van der Waals surface area contributed by atoms with Crippen LogP contribution in [0.1, 0.15) is 24.8 Å². The molecule has 0 saturated carbocycles. The van der Waals surface area contributed by atoms with E-state index in [1.165, 1.54) is 32.5 Å². The molecule has 3 heterocycles. The predicted octanol–water partition coefficient (Wildman–Crippen LogP) is 1.25. The van der Waals surface area contributed by atoms with Gasteiger partial charge in [-0.15, -0.1) is 10.2 Å². The largest absolute Gasteiger partial charge is 0.363 e. The van der Waals surface area contributed by atoms with Crippen molar-refractivity contribution < 1.29 is 0 Å². The zero-order chi connectivity index (χ0) is 12.5. The highest BCUT2D eigenvalue weighted by molar-refractivity contribution is 7.15. The van der Waals surface area contributed by atoms with Crippen LogP contribution in [0.2, 0.25) is 0 Å². The molecule has 18 heavy (non-hydrogen) atoms. The van der Waals surface area contributed by atoms with Gasteiger partial charge in [0.15, 0.2) is 0 Å². The molecule has 0 aliphatic carbocycles. The first kappa shape index (κ1) is 12.3. The highest BCUT2D eigenvalue weighted by Crippen LogP contribution is 2.26. The third kappa shape index (κ3) is 2.37. The summed E-state index contributed by atoms with van der Waals surface area (Å²) in [6.45, 7) is 6.98. The van der Waals surface area contributed by atoms with Crippen molar-refractivity contribution in [2.75, 3.05) is 32.0 Å². The highest BCUT2D eigenvalue weighted by Gasteiger charge is 2.34. The number of rotatable bonds is 3. The molecule has 1 aromatic heterocycles. The van der Waals surface area contributed by atoms with Crippen molar-refractivity contribution in [3.63, 3.8) is 0 Å². The molecule has 0 aromatic carbocycles. The van der Waals surface area contributed by atoms with Gasteiger partial charge in [0, 0.05) is 32.2 Å². The number of anilines is 1. The predicted molar refractivity (Wildman–Crippen MR) is 73.9 cm³/mol. The zero-order valence-corrected chi connectivity index (χ0v) is 11.9. The van der Waals surface area contributed by atoms with Crippen LogP contribution >= 0.6 is 11.3 Å². The molecule has 100 valence electrons. The highest BCUT2D eigenvalue weighted by atomic mass is 32.1. The van der Waals surface area contributed by atoms with Crippen LogP contribution in [0.5, 0.6) is 0 Å². The minimum absolute atomic E-state index is 0.626. The second-order valence-electron chi connectivity index (χ2n) is 5.32. The first-order chi connectivity index (χ1) is 8.76. The number of nitrogens with zero attached hydrogens (tertiary/aromatic N) is 4. The number of aromatic nitrogens is 2. The molecule has 3 rings (SSSR count). The topological polar surface area (TPSA) is 44.3 Å². The molecule has 2 saturated heterocycles. The Kier molecular flexibility index (Phi) is 3.50. The minimum Gasteiger partial charge on any atom is -0.363 e. The molecule has 2 aliphatic rings. The van der Waals surface area contributed by atoms with Crippen LogP contribution in [0, 0.1) is 0 Å². The van der Waals surface area contributed by atoms with Gasteiger partial charge in [0.05, 0.1) is 6.54 Å². The van der Waals surface area contributed by atoms with Crippen LogP contribution in [0.15, 0.2) is 0 Å². The Morgan fingerprint density at radius 3 is 3.06 bits per heavy atom. The van der Waals surface area contributed by atoms with Gasteiger partial charge in [0.1, 0.15) is 5.01 Å². The Hall–Kier alpha value is -0.720. The Labute approximate surface area is 112 Å².